The van der Waals surface area contributed by atoms with Crippen LogP contribution in [0, 0.1) is 23.7 Å². The molecule has 1 nitrogen and oxygen atoms in total. The van der Waals surface area contributed by atoms with Gasteiger partial charge >= 0.3 is 0 Å². The van der Waals surface area contributed by atoms with Crippen LogP contribution in [0.3, 0.4) is 0 Å². The lowest BCUT2D eigenvalue weighted by Crippen LogP contribution is -2.18. The fraction of sp³-hybridized carbons (Fsp3) is 1.00. The van der Waals surface area contributed by atoms with E-state index < -0.39 is 0 Å². The van der Waals surface area contributed by atoms with Gasteiger partial charge in [-0.05, 0) is 30.1 Å². The highest BCUT2D eigenvalue weighted by atomic mass is 16.3. The molecule has 0 aromatic rings. The minimum absolute atomic E-state index is 0.328. The van der Waals surface area contributed by atoms with Crippen LogP contribution in [-0.4, -0.2) is 11.7 Å². The molecule has 1 heteroatoms. The second-order valence-corrected chi connectivity index (χ2v) is 4.74. The average Bonchev–Trinajstić information content (AvgIpc) is 2.14. The molecule has 0 spiro atoms. The summed E-state index contributed by atoms with van der Waals surface area (Å²) in [5.41, 5.74) is 0. The highest BCUT2D eigenvalue weighted by Crippen LogP contribution is 2.26. The van der Waals surface area contributed by atoms with Gasteiger partial charge in [-0.25, -0.2) is 0 Å². The molecule has 4 unspecified atom stereocenters. The minimum Gasteiger partial charge on any atom is -0.396 e. The zero-order valence-corrected chi connectivity index (χ0v) is 9.88. The third-order valence-corrected chi connectivity index (χ3v) is 3.62. The van der Waals surface area contributed by atoms with Crippen LogP contribution in [0.2, 0.25) is 0 Å². The van der Waals surface area contributed by atoms with Gasteiger partial charge in [-0.2, -0.15) is 0 Å². The maximum Gasteiger partial charge on any atom is 0.0459 e. The summed E-state index contributed by atoms with van der Waals surface area (Å²) in [6, 6.07) is 0. The molecule has 0 fully saturated rings. The molecule has 0 bridgehead atoms. The molecule has 4 atom stereocenters. The van der Waals surface area contributed by atoms with Crippen molar-refractivity contribution in [3.63, 3.8) is 0 Å². The summed E-state index contributed by atoms with van der Waals surface area (Å²) in [5.74, 6) is 2.70. The molecule has 0 aliphatic rings. The molecule has 0 saturated carbocycles. The maximum absolute atomic E-state index is 9.01. The molecule has 0 heterocycles. The molecule has 0 aromatic carbocycles. The van der Waals surface area contributed by atoms with Gasteiger partial charge < -0.3 is 5.11 Å². The van der Waals surface area contributed by atoms with Gasteiger partial charge in [0.2, 0.25) is 0 Å². The number of aliphatic hydroxyl groups excluding tert-OH is 1. The van der Waals surface area contributed by atoms with Gasteiger partial charge in [0.1, 0.15) is 0 Å². The summed E-state index contributed by atoms with van der Waals surface area (Å²) in [6.07, 6.45) is 2.51. The second-order valence-electron chi connectivity index (χ2n) is 4.74. The zero-order chi connectivity index (χ0) is 10.4. The van der Waals surface area contributed by atoms with E-state index in [-0.39, 0.29) is 0 Å². The van der Waals surface area contributed by atoms with Crippen LogP contribution in [0.4, 0.5) is 0 Å². The summed E-state index contributed by atoms with van der Waals surface area (Å²) in [5, 5.41) is 9.01. The largest absolute Gasteiger partial charge is 0.396 e. The minimum atomic E-state index is 0.328. The van der Waals surface area contributed by atoms with Crippen molar-refractivity contribution in [2.24, 2.45) is 23.7 Å². The lowest BCUT2D eigenvalue weighted by atomic mass is 9.82. The Morgan fingerprint density at radius 2 is 1.31 bits per heavy atom. The highest BCUT2D eigenvalue weighted by Gasteiger charge is 2.17. The Hall–Kier alpha value is -0.0400. The van der Waals surface area contributed by atoms with Gasteiger partial charge in [0, 0.05) is 6.61 Å². The summed E-state index contributed by atoms with van der Waals surface area (Å²) in [6.45, 7) is 11.6. The number of aliphatic hydroxyl groups is 1. The van der Waals surface area contributed by atoms with Gasteiger partial charge in [-0.15, -0.1) is 0 Å². The van der Waals surface area contributed by atoms with Crippen molar-refractivity contribution >= 4 is 0 Å². The monoisotopic (exact) mass is 186 g/mol. The Kier molecular flexibility index (Phi) is 6.40. The standard InChI is InChI=1S/C12H26O/c1-6-9(2)10(3)7-11(4)12(5)8-13/h9-13H,6-8H2,1-5H3. The molecule has 0 aliphatic heterocycles. The topological polar surface area (TPSA) is 20.2 Å². The molecule has 0 radical (unpaired) electrons. The van der Waals surface area contributed by atoms with E-state index in [4.69, 9.17) is 5.11 Å². The molecule has 80 valence electrons. The lowest BCUT2D eigenvalue weighted by Gasteiger charge is -2.25. The molecule has 0 aromatic heterocycles. The van der Waals surface area contributed by atoms with Gasteiger partial charge in [0.15, 0.2) is 0 Å². The molecule has 1 N–H and O–H groups in total. The van der Waals surface area contributed by atoms with Crippen LogP contribution in [-0.2, 0) is 0 Å². The quantitative estimate of drug-likeness (QED) is 0.674. The van der Waals surface area contributed by atoms with Crippen LogP contribution < -0.4 is 0 Å². The van der Waals surface area contributed by atoms with Crippen molar-refractivity contribution in [1.29, 1.82) is 0 Å². The third kappa shape index (κ3) is 4.66. The third-order valence-electron chi connectivity index (χ3n) is 3.62. The molecular weight excluding hydrogens is 160 g/mol. The zero-order valence-electron chi connectivity index (χ0n) is 9.88. The Labute approximate surface area is 83.5 Å². The number of hydrogen-bond acceptors (Lipinski definition) is 1. The van der Waals surface area contributed by atoms with Gasteiger partial charge in [0.05, 0.1) is 0 Å². The predicted octanol–water partition coefficient (Wildman–Crippen LogP) is 3.32. The lowest BCUT2D eigenvalue weighted by molar-refractivity contribution is 0.170. The number of hydrogen-bond donors (Lipinski definition) is 1. The fourth-order valence-corrected chi connectivity index (χ4v) is 1.63. The fourth-order valence-electron chi connectivity index (χ4n) is 1.63. The van der Waals surface area contributed by atoms with Crippen molar-refractivity contribution in [2.45, 2.75) is 47.5 Å². The van der Waals surface area contributed by atoms with E-state index in [9.17, 15) is 0 Å². The first-order valence-corrected chi connectivity index (χ1v) is 5.63. The van der Waals surface area contributed by atoms with E-state index in [1.165, 1.54) is 12.8 Å². The van der Waals surface area contributed by atoms with E-state index >= 15 is 0 Å². The molecular formula is C12H26O. The van der Waals surface area contributed by atoms with E-state index in [1.54, 1.807) is 0 Å². The predicted molar refractivity (Wildman–Crippen MR) is 58.6 cm³/mol. The van der Waals surface area contributed by atoms with Crippen LogP contribution in [0.5, 0.6) is 0 Å². The van der Waals surface area contributed by atoms with Gasteiger partial charge in [-0.3, -0.25) is 0 Å². The summed E-state index contributed by atoms with van der Waals surface area (Å²) < 4.78 is 0. The summed E-state index contributed by atoms with van der Waals surface area (Å²) in [4.78, 5) is 0. The van der Waals surface area contributed by atoms with E-state index in [0.717, 1.165) is 11.8 Å². The van der Waals surface area contributed by atoms with Gasteiger partial charge in [-0.1, -0.05) is 41.0 Å². The van der Waals surface area contributed by atoms with E-state index in [2.05, 4.69) is 34.6 Å². The van der Waals surface area contributed by atoms with Crippen LogP contribution in [0.15, 0.2) is 0 Å². The van der Waals surface area contributed by atoms with Crippen molar-refractivity contribution in [1.82, 2.24) is 0 Å². The van der Waals surface area contributed by atoms with Crippen molar-refractivity contribution in [3.05, 3.63) is 0 Å². The first-order valence-electron chi connectivity index (χ1n) is 5.63. The summed E-state index contributed by atoms with van der Waals surface area (Å²) in [7, 11) is 0. The van der Waals surface area contributed by atoms with Gasteiger partial charge in [0.25, 0.3) is 0 Å². The van der Waals surface area contributed by atoms with E-state index in [0.29, 0.717) is 18.4 Å². The first kappa shape index (κ1) is 13.0. The average molecular weight is 186 g/mol. The Bertz CT molecular complexity index is 108. The molecule has 0 saturated heterocycles. The highest BCUT2D eigenvalue weighted by molar-refractivity contribution is 4.68. The van der Waals surface area contributed by atoms with Crippen molar-refractivity contribution in [3.8, 4) is 0 Å². The van der Waals surface area contributed by atoms with Crippen LogP contribution in [0.25, 0.3) is 0 Å². The van der Waals surface area contributed by atoms with E-state index in [1.807, 2.05) is 0 Å². The first-order chi connectivity index (χ1) is 6.02. The Balaban J connectivity index is 3.83. The normalized spacial score (nSPS) is 20.8. The summed E-state index contributed by atoms with van der Waals surface area (Å²) >= 11 is 0. The maximum atomic E-state index is 9.01. The Morgan fingerprint density at radius 1 is 0.846 bits per heavy atom. The van der Waals surface area contributed by atoms with Crippen LogP contribution >= 0.6 is 0 Å². The molecule has 0 amide bonds. The Morgan fingerprint density at radius 3 is 1.69 bits per heavy atom. The van der Waals surface area contributed by atoms with Crippen molar-refractivity contribution in [2.75, 3.05) is 6.61 Å². The molecule has 13 heavy (non-hydrogen) atoms. The van der Waals surface area contributed by atoms with Crippen molar-refractivity contribution < 1.29 is 5.11 Å². The van der Waals surface area contributed by atoms with Crippen LogP contribution in [0.1, 0.15) is 47.5 Å². The molecule has 0 rings (SSSR count). The second kappa shape index (κ2) is 6.42. The smallest absolute Gasteiger partial charge is 0.0459 e. The SMILES string of the molecule is CCC(C)C(C)CC(C)C(C)CO. The number of rotatable bonds is 6. The molecule has 0 aliphatic carbocycles.